The van der Waals surface area contributed by atoms with Crippen LogP contribution in [0.25, 0.3) is 0 Å². The molecule has 3 nitrogen and oxygen atoms in total. The number of nitriles is 1. The van der Waals surface area contributed by atoms with E-state index in [2.05, 4.69) is 5.73 Å². The van der Waals surface area contributed by atoms with Gasteiger partial charge in [-0.15, -0.1) is 0 Å². The average Bonchev–Trinajstić information content (AvgIpc) is 1.46. The van der Waals surface area contributed by atoms with Crippen LogP contribution in [0.5, 0.6) is 0 Å². The van der Waals surface area contributed by atoms with Crippen molar-refractivity contribution < 1.29 is 21.8 Å². The molecule has 0 atom stereocenters. The fourth-order valence-corrected chi connectivity index (χ4v) is 0. The molecule has 5 heteroatoms. The van der Waals surface area contributed by atoms with Gasteiger partial charge in [-0.2, -0.15) is 5.26 Å². The summed E-state index contributed by atoms with van der Waals surface area (Å²) in [6, 6.07) is 0. The molecule has 30 valence electrons. The third kappa shape index (κ3) is 152. The molecule has 2 radical (unpaired) electrons. The van der Waals surface area contributed by atoms with E-state index in [-0.39, 0.29) is 45.6 Å². The van der Waals surface area contributed by atoms with E-state index in [1.165, 1.54) is 6.19 Å². The van der Waals surface area contributed by atoms with E-state index in [4.69, 9.17) is 8.84 Å². The van der Waals surface area contributed by atoms with Crippen LogP contribution in [0.3, 0.4) is 0 Å². The maximum atomic E-state index is 8.38. The van der Waals surface area contributed by atoms with Gasteiger partial charge in [0, 0.05) is 0 Å². The topological polar surface area (TPSA) is 66.9 Å². The van der Waals surface area contributed by atoms with Crippen molar-refractivity contribution >= 4 is 27.3 Å². The normalized spacial score (nSPS) is 2.17. The summed E-state index contributed by atoms with van der Waals surface area (Å²) in [6.07, 6.45) is 1.25. The number of nitrogens with two attached hydrogens (primary N) is 1. The molecule has 0 saturated carbocycles. The Morgan fingerprint density at radius 3 is 1.67 bits per heavy atom. The molecule has 0 rings (SSSR count). The van der Waals surface area contributed by atoms with Crippen molar-refractivity contribution in [2.75, 3.05) is 0 Å². The van der Waals surface area contributed by atoms with Gasteiger partial charge in [0.25, 0.3) is 0 Å². The fourth-order valence-electron chi connectivity index (χ4n) is 0. The Labute approximate surface area is 66.0 Å². The first-order chi connectivity index (χ1) is 2.41. The van der Waals surface area contributed by atoms with Gasteiger partial charge in [0.15, 0.2) is 6.19 Å². The predicted molar refractivity (Wildman–Crippen MR) is 19.0 cm³/mol. The van der Waals surface area contributed by atoms with Gasteiger partial charge in [-0.3, -0.25) is 0 Å². The minimum atomic E-state index is 0. The number of hydrogen-bond acceptors (Lipinski definition) is 3. The van der Waals surface area contributed by atoms with Crippen LogP contribution < -0.4 is 5.73 Å². The van der Waals surface area contributed by atoms with Crippen LogP contribution in [0.15, 0.2) is 0 Å². The summed E-state index contributed by atoms with van der Waals surface area (Å²) in [6.45, 7) is 0. The van der Waals surface area contributed by atoms with Crippen molar-refractivity contribution in [1.82, 2.24) is 0 Å². The summed E-state index contributed by atoms with van der Waals surface area (Å²) < 4.78 is 8.38. The molecule has 0 fully saturated rings. The van der Waals surface area contributed by atoms with Gasteiger partial charge >= 0.3 is 49.1 Å². The summed E-state index contributed by atoms with van der Waals surface area (Å²) in [5.74, 6) is 0. The fraction of sp³-hybridized carbons (Fsp3) is 0. The molecule has 0 unspecified atom stereocenters. The average molecular weight is 333 g/mol. The SMILES string of the molecule is N#CN.[O]=[Zn].[PbH2]. The summed E-state index contributed by atoms with van der Waals surface area (Å²) >= 11 is 0.125. The molecule has 0 aromatic heterocycles. The first-order valence-corrected chi connectivity index (χ1v) is 2.01. The summed E-state index contributed by atoms with van der Waals surface area (Å²) in [5, 5.41) is 7.10. The molecule has 2 N–H and O–H groups in total. The van der Waals surface area contributed by atoms with E-state index in [1.807, 2.05) is 0 Å². The number of nitrogens with zero attached hydrogens (tertiary/aromatic N) is 1. The molecule has 0 bridgehead atoms. The molecule has 0 aliphatic heterocycles. The van der Waals surface area contributed by atoms with E-state index in [0.29, 0.717) is 0 Å². The van der Waals surface area contributed by atoms with Crippen LogP contribution in [-0.4, -0.2) is 27.3 Å². The molecule has 0 spiro atoms. The van der Waals surface area contributed by atoms with E-state index >= 15 is 0 Å². The third-order valence-electron chi connectivity index (χ3n) is 0. The third-order valence-corrected chi connectivity index (χ3v) is 0. The summed E-state index contributed by atoms with van der Waals surface area (Å²) in [5.41, 5.74) is 4.15. The molecule has 0 saturated heterocycles. The first kappa shape index (κ1) is 15.9. The van der Waals surface area contributed by atoms with Gasteiger partial charge in [-0.1, -0.05) is 0 Å². The standard InChI is InChI=1S/CH2N2.O.Pb.Zn.2H/c2-1-3;;;;;/h2H2;;;;;. The van der Waals surface area contributed by atoms with Crippen LogP contribution in [-0.2, 0) is 21.8 Å². The van der Waals surface area contributed by atoms with Gasteiger partial charge in [0.2, 0.25) is 0 Å². The van der Waals surface area contributed by atoms with Crippen LogP contribution in [0.2, 0.25) is 0 Å². The zero-order valence-corrected chi connectivity index (χ0v) is 11.8. The Bertz CT molecular complexity index is 43.3. The monoisotopic (exact) mass is 332 g/mol. The molecule has 0 aliphatic rings. The molecule has 0 aromatic carbocycles. The summed E-state index contributed by atoms with van der Waals surface area (Å²) in [7, 11) is 0. The quantitative estimate of drug-likeness (QED) is 0.330. The predicted octanol–water partition coefficient (Wildman–Crippen LogP) is -1.61. The Morgan fingerprint density at radius 1 is 1.67 bits per heavy atom. The molecule has 0 heterocycles. The molecular weight excluding hydrogens is 329 g/mol. The van der Waals surface area contributed by atoms with Crippen LogP contribution in [0.4, 0.5) is 0 Å². The Morgan fingerprint density at radius 2 is 1.67 bits per heavy atom. The molecule has 0 aromatic rings. The molecule has 0 amide bonds. The minimum absolute atomic E-state index is 0. The first-order valence-electron chi connectivity index (χ1n) is 0.801. The van der Waals surface area contributed by atoms with Crippen molar-refractivity contribution in [3.05, 3.63) is 0 Å². The van der Waals surface area contributed by atoms with Crippen molar-refractivity contribution in [2.24, 2.45) is 5.73 Å². The van der Waals surface area contributed by atoms with Gasteiger partial charge in [-0.05, 0) is 0 Å². The van der Waals surface area contributed by atoms with Gasteiger partial charge in [-0.25, -0.2) is 0 Å². The van der Waals surface area contributed by atoms with E-state index < -0.39 is 0 Å². The Hall–Kier alpha value is 0.635. The van der Waals surface area contributed by atoms with Crippen molar-refractivity contribution in [3.8, 4) is 6.19 Å². The van der Waals surface area contributed by atoms with Gasteiger partial charge in [0.05, 0.1) is 0 Å². The Balaban J connectivity index is -0.0000000275. The Kier molecular flexibility index (Phi) is 120. The number of hydrogen-bond donors (Lipinski definition) is 1. The zero-order valence-electron chi connectivity index (χ0n) is 3.35. The molecular formula is CH4N2OPbZn. The van der Waals surface area contributed by atoms with E-state index in [9.17, 15) is 0 Å². The molecule has 0 aliphatic carbocycles. The second-order valence-corrected chi connectivity index (χ2v) is 0.129. The zero-order chi connectivity index (χ0) is 4.71. The molecule has 6 heavy (non-hydrogen) atoms. The van der Waals surface area contributed by atoms with E-state index in [1.54, 1.807) is 0 Å². The van der Waals surface area contributed by atoms with Crippen molar-refractivity contribution in [1.29, 1.82) is 5.26 Å². The maximum absolute atomic E-state index is 8.38. The van der Waals surface area contributed by atoms with Crippen LogP contribution in [0, 0.1) is 11.5 Å². The van der Waals surface area contributed by atoms with Crippen LogP contribution >= 0.6 is 0 Å². The second kappa shape index (κ2) is 45.3. The van der Waals surface area contributed by atoms with E-state index in [0.717, 1.165) is 0 Å². The van der Waals surface area contributed by atoms with Gasteiger partial charge in [0.1, 0.15) is 0 Å². The van der Waals surface area contributed by atoms with Gasteiger partial charge < -0.3 is 5.73 Å². The van der Waals surface area contributed by atoms with Crippen LogP contribution in [0.1, 0.15) is 0 Å². The summed E-state index contributed by atoms with van der Waals surface area (Å²) in [4.78, 5) is 0. The second-order valence-electron chi connectivity index (χ2n) is 0.129. The number of rotatable bonds is 0. The van der Waals surface area contributed by atoms with Crippen molar-refractivity contribution in [2.45, 2.75) is 0 Å². The van der Waals surface area contributed by atoms with Crippen molar-refractivity contribution in [3.63, 3.8) is 0 Å².